The van der Waals surface area contributed by atoms with Crippen molar-refractivity contribution in [2.24, 2.45) is 0 Å². The van der Waals surface area contributed by atoms with Crippen LogP contribution >= 0.6 is 11.6 Å². The number of aromatic nitrogens is 2. The molecular formula is C22H17ClN2O. The Morgan fingerprint density at radius 2 is 1.50 bits per heavy atom. The SMILES string of the molecule is Oc1ccc(C(c2ccccc2)(c2cccc(Cl)c2)n2ccnc2)cc1. The first-order chi connectivity index (χ1) is 12.7. The van der Waals surface area contributed by atoms with Gasteiger partial charge in [0, 0.05) is 17.4 Å². The van der Waals surface area contributed by atoms with Crippen LogP contribution in [0.2, 0.25) is 5.02 Å². The molecule has 4 rings (SSSR count). The van der Waals surface area contributed by atoms with Crippen molar-refractivity contribution >= 4 is 11.6 Å². The average Bonchev–Trinajstić information content (AvgIpc) is 3.20. The third-order valence-corrected chi connectivity index (χ3v) is 4.85. The van der Waals surface area contributed by atoms with Crippen molar-refractivity contribution in [2.75, 3.05) is 0 Å². The van der Waals surface area contributed by atoms with Gasteiger partial charge in [-0.05, 0) is 41.0 Å². The van der Waals surface area contributed by atoms with Crippen LogP contribution in [0.15, 0.2) is 97.6 Å². The molecule has 26 heavy (non-hydrogen) atoms. The van der Waals surface area contributed by atoms with Crippen LogP contribution in [0.5, 0.6) is 5.75 Å². The van der Waals surface area contributed by atoms with E-state index >= 15 is 0 Å². The molecule has 0 fully saturated rings. The minimum Gasteiger partial charge on any atom is -0.508 e. The van der Waals surface area contributed by atoms with Crippen LogP contribution in [0.1, 0.15) is 16.7 Å². The van der Waals surface area contributed by atoms with E-state index in [9.17, 15) is 5.11 Å². The zero-order valence-electron chi connectivity index (χ0n) is 14.0. The molecule has 0 amide bonds. The number of halogens is 1. The summed E-state index contributed by atoms with van der Waals surface area (Å²) in [6, 6.07) is 25.3. The van der Waals surface area contributed by atoms with Gasteiger partial charge in [-0.2, -0.15) is 0 Å². The Morgan fingerprint density at radius 1 is 0.808 bits per heavy atom. The molecule has 1 aromatic heterocycles. The van der Waals surface area contributed by atoms with Crippen molar-refractivity contribution in [3.63, 3.8) is 0 Å². The van der Waals surface area contributed by atoms with Crippen molar-refractivity contribution in [2.45, 2.75) is 5.54 Å². The molecule has 0 aliphatic heterocycles. The predicted octanol–water partition coefficient (Wildman–Crippen LogP) is 5.08. The second-order valence-corrected chi connectivity index (χ2v) is 6.54. The number of phenolic OH excluding ortho intramolecular Hbond substituents is 1. The van der Waals surface area contributed by atoms with Crippen LogP contribution in [-0.4, -0.2) is 14.7 Å². The summed E-state index contributed by atoms with van der Waals surface area (Å²) in [4.78, 5) is 4.29. The number of hydrogen-bond acceptors (Lipinski definition) is 2. The molecule has 0 aliphatic rings. The molecule has 128 valence electrons. The molecule has 0 spiro atoms. The minimum atomic E-state index is -0.656. The lowest BCUT2D eigenvalue weighted by Crippen LogP contribution is -2.36. The first kappa shape index (κ1) is 16.4. The van der Waals surface area contributed by atoms with Gasteiger partial charge in [0.25, 0.3) is 0 Å². The summed E-state index contributed by atoms with van der Waals surface area (Å²) in [6.07, 6.45) is 5.52. The highest BCUT2D eigenvalue weighted by Crippen LogP contribution is 2.41. The van der Waals surface area contributed by atoms with Crippen molar-refractivity contribution in [3.8, 4) is 5.75 Å². The van der Waals surface area contributed by atoms with Gasteiger partial charge in [-0.15, -0.1) is 0 Å². The molecule has 1 atom stereocenters. The molecule has 4 heteroatoms. The van der Waals surface area contributed by atoms with E-state index in [1.807, 2.05) is 54.7 Å². The summed E-state index contributed by atoms with van der Waals surface area (Å²) >= 11 is 6.35. The van der Waals surface area contributed by atoms with Crippen LogP contribution in [0.25, 0.3) is 0 Å². The van der Waals surface area contributed by atoms with E-state index in [0.29, 0.717) is 5.02 Å². The highest BCUT2D eigenvalue weighted by molar-refractivity contribution is 6.30. The van der Waals surface area contributed by atoms with E-state index in [0.717, 1.165) is 16.7 Å². The molecule has 1 heterocycles. The van der Waals surface area contributed by atoms with Gasteiger partial charge >= 0.3 is 0 Å². The topological polar surface area (TPSA) is 38.0 Å². The van der Waals surface area contributed by atoms with Gasteiger partial charge in [0.05, 0.1) is 6.33 Å². The highest BCUT2D eigenvalue weighted by atomic mass is 35.5. The zero-order chi connectivity index (χ0) is 18.0. The van der Waals surface area contributed by atoms with Gasteiger partial charge in [0.15, 0.2) is 0 Å². The standard InChI is InChI=1S/C22H17ClN2O/c23-20-8-4-7-19(15-20)22(25-14-13-24-16-25,17-5-2-1-3-6-17)18-9-11-21(26)12-10-18/h1-16,26H. The number of nitrogens with zero attached hydrogens (tertiary/aromatic N) is 2. The highest BCUT2D eigenvalue weighted by Gasteiger charge is 2.38. The molecule has 3 nitrogen and oxygen atoms in total. The quantitative estimate of drug-likeness (QED) is 0.515. The Bertz CT molecular complexity index is 998. The first-order valence-electron chi connectivity index (χ1n) is 8.31. The number of benzene rings is 3. The Labute approximate surface area is 157 Å². The maximum Gasteiger partial charge on any atom is 0.121 e. The van der Waals surface area contributed by atoms with Gasteiger partial charge in [-0.3, -0.25) is 0 Å². The van der Waals surface area contributed by atoms with Gasteiger partial charge in [0.1, 0.15) is 11.3 Å². The van der Waals surface area contributed by atoms with Gasteiger partial charge in [-0.1, -0.05) is 66.2 Å². The normalized spacial score (nSPS) is 13.3. The smallest absolute Gasteiger partial charge is 0.121 e. The predicted molar refractivity (Wildman–Crippen MR) is 104 cm³/mol. The molecule has 4 aromatic rings. The molecule has 0 saturated carbocycles. The fraction of sp³-hybridized carbons (Fsp3) is 0.0455. The second kappa shape index (κ2) is 6.70. The minimum absolute atomic E-state index is 0.229. The van der Waals surface area contributed by atoms with Gasteiger partial charge in [-0.25, -0.2) is 4.98 Å². The third-order valence-electron chi connectivity index (χ3n) is 4.61. The Balaban J connectivity index is 2.12. The summed E-state index contributed by atoms with van der Waals surface area (Å²) in [5, 5.41) is 10.5. The fourth-order valence-electron chi connectivity index (χ4n) is 3.50. The molecule has 3 aromatic carbocycles. The van der Waals surface area contributed by atoms with Gasteiger partial charge in [0.2, 0.25) is 0 Å². The zero-order valence-corrected chi connectivity index (χ0v) is 14.7. The number of rotatable bonds is 4. The molecule has 1 unspecified atom stereocenters. The van der Waals surface area contributed by atoms with E-state index < -0.39 is 5.54 Å². The molecule has 1 N–H and O–H groups in total. The number of phenols is 1. The van der Waals surface area contributed by atoms with Crippen molar-refractivity contribution < 1.29 is 5.11 Å². The maximum atomic E-state index is 9.80. The van der Waals surface area contributed by atoms with Crippen molar-refractivity contribution in [3.05, 3.63) is 119 Å². The number of hydrogen-bond donors (Lipinski definition) is 1. The lowest BCUT2D eigenvalue weighted by atomic mass is 9.76. The fourth-order valence-corrected chi connectivity index (χ4v) is 3.69. The molecule has 0 saturated heterocycles. The van der Waals surface area contributed by atoms with E-state index in [1.54, 1.807) is 24.7 Å². The lowest BCUT2D eigenvalue weighted by molar-refractivity contribution is 0.472. The Hall–Kier alpha value is -3.04. The van der Waals surface area contributed by atoms with E-state index in [-0.39, 0.29) is 5.75 Å². The lowest BCUT2D eigenvalue weighted by Gasteiger charge is -2.37. The summed E-state index contributed by atoms with van der Waals surface area (Å²) < 4.78 is 2.07. The summed E-state index contributed by atoms with van der Waals surface area (Å²) in [6.45, 7) is 0. The molecule has 0 bridgehead atoms. The average molecular weight is 361 g/mol. The monoisotopic (exact) mass is 360 g/mol. The number of imidazole rings is 1. The van der Waals surface area contributed by atoms with Crippen LogP contribution < -0.4 is 0 Å². The third kappa shape index (κ3) is 2.67. The first-order valence-corrected chi connectivity index (χ1v) is 8.68. The largest absolute Gasteiger partial charge is 0.508 e. The Morgan fingerprint density at radius 3 is 2.15 bits per heavy atom. The molecule has 0 radical (unpaired) electrons. The summed E-state index contributed by atoms with van der Waals surface area (Å²) in [5.41, 5.74) is 2.43. The molecule has 0 aliphatic carbocycles. The van der Waals surface area contributed by atoms with E-state index in [4.69, 9.17) is 11.6 Å². The maximum absolute atomic E-state index is 9.80. The molecular weight excluding hydrogens is 344 g/mol. The Kier molecular flexibility index (Phi) is 4.23. The van der Waals surface area contributed by atoms with Crippen molar-refractivity contribution in [1.29, 1.82) is 0 Å². The van der Waals surface area contributed by atoms with Crippen LogP contribution in [0.4, 0.5) is 0 Å². The summed E-state index contributed by atoms with van der Waals surface area (Å²) in [7, 11) is 0. The van der Waals surface area contributed by atoms with Crippen LogP contribution in [0.3, 0.4) is 0 Å². The van der Waals surface area contributed by atoms with E-state index in [1.165, 1.54) is 0 Å². The van der Waals surface area contributed by atoms with E-state index in [2.05, 4.69) is 27.8 Å². The van der Waals surface area contributed by atoms with Gasteiger partial charge < -0.3 is 9.67 Å². The van der Waals surface area contributed by atoms with Crippen LogP contribution in [-0.2, 0) is 5.54 Å². The van der Waals surface area contributed by atoms with Crippen molar-refractivity contribution in [1.82, 2.24) is 9.55 Å². The van der Waals surface area contributed by atoms with Crippen LogP contribution in [0, 0.1) is 0 Å². The second-order valence-electron chi connectivity index (χ2n) is 6.10. The number of aromatic hydroxyl groups is 1. The summed E-state index contributed by atoms with van der Waals surface area (Å²) in [5.74, 6) is 0.229.